The van der Waals surface area contributed by atoms with Gasteiger partial charge in [0.15, 0.2) is 0 Å². The minimum Gasteiger partial charge on any atom is -0.103 e. The molecule has 0 amide bonds. The largest absolute Gasteiger partial charge is 0.103 e. The molecule has 0 N–H and O–H groups in total. The Morgan fingerprint density at radius 3 is 2.41 bits per heavy atom. The molecule has 1 rings (SSSR count). The summed E-state index contributed by atoms with van der Waals surface area (Å²) in [6.07, 6.45) is 7.04. The van der Waals surface area contributed by atoms with Gasteiger partial charge in [0.05, 0.1) is 0 Å². The molecule has 0 spiro atoms. The summed E-state index contributed by atoms with van der Waals surface area (Å²) < 4.78 is 0. The molecule has 17 heavy (non-hydrogen) atoms. The summed E-state index contributed by atoms with van der Waals surface area (Å²) in [7, 11) is 0. The molecule has 1 unspecified atom stereocenters. The zero-order valence-electron chi connectivity index (χ0n) is 11.6. The van der Waals surface area contributed by atoms with E-state index in [2.05, 4.69) is 63.8 Å². The molecular formula is C17H26. The fraction of sp³-hybridized carbons (Fsp3) is 0.529. The van der Waals surface area contributed by atoms with Crippen molar-refractivity contribution in [2.45, 2.75) is 46.5 Å². The van der Waals surface area contributed by atoms with Crippen LogP contribution < -0.4 is 0 Å². The fourth-order valence-electron chi connectivity index (χ4n) is 2.44. The van der Waals surface area contributed by atoms with Gasteiger partial charge in [-0.2, -0.15) is 0 Å². The van der Waals surface area contributed by atoms with E-state index >= 15 is 0 Å². The van der Waals surface area contributed by atoms with E-state index < -0.39 is 0 Å². The van der Waals surface area contributed by atoms with Crippen LogP contribution in [0.25, 0.3) is 0 Å². The molecule has 0 bridgehead atoms. The van der Waals surface area contributed by atoms with Gasteiger partial charge in [0, 0.05) is 0 Å². The molecule has 0 saturated carbocycles. The average molecular weight is 230 g/mol. The van der Waals surface area contributed by atoms with Crippen LogP contribution in [0, 0.1) is 11.3 Å². The molecule has 1 aromatic carbocycles. The van der Waals surface area contributed by atoms with Crippen molar-refractivity contribution < 1.29 is 0 Å². The maximum Gasteiger partial charge on any atom is -0.0185 e. The summed E-state index contributed by atoms with van der Waals surface area (Å²) in [6.45, 7) is 11.0. The number of rotatable bonds is 7. The van der Waals surface area contributed by atoms with Crippen LogP contribution in [0.5, 0.6) is 0 Å². The number of aryl methyl sites for hydroxylation is 1. The number of hydrogen-bond donors (Lipinski definition) is 0. The summed E-state index contributed by atoms with van der Waals surface area (Å²) in [5, 5.41) is 0. The topological polar surface area (TPSA) is 0 Å². The Morgan fingerprint density at radius 1 is 1.24 bits per heavy atom. The van der Waals surface area contributed by atoms with Crippen LogP contribution in [0.15, 0.2) is 43.0 Å². The SMILES string of the molecule is C=CC(CCC)C(C)(C)CCc1ccccc1. The average Bonchev–Trinajstić information content (AvgIpc) is 2.34. The first-order valence-corrected chi connectivity index (χ1v) is 6.76. The lowest BCUT2D eigenvalue weighted by molar-refractivity contribution is 0.226. The third-order valence-corrected chi connectivity index (χ3v) is 3.79. The molecule has 1 aromatic rings. The van der Waals surface area contributed by atoms with Gasteiger partial charge in [-0.15, -0.1) is 6.58 Å². The molecule has 0 aliphatic rings. The van der Waals surface area contributed by atoms with Crippen LogP contribution in [0.1, 0.15) is 45.6 Å². The molecule has 0 saturated heterocycles. The minimum atomic E-state index is 0.355. The van der Waals surface area contributed by atoms with Crippen molar-refractivity contribution in [1.82, 2.24) is 0 Å². The van der Waals surface area contributed by atoms with Crippen molar-refractivity contribution in [2.24, 2.45) is 11.3 Å². The zero-order chi connectivity index (χ0) is 12.7. The van der Waals surface area contributed by atoms with Gasteiger partial charge in [0.1, 0.15) is 0 Å². The molecule has 0 heteroatoms. The molecular weight excluding hydrogens is 204 g/mol. The van der Waals surface area contributed by atoms with Crippen molar-refractivity contribution in [2.75, 3.05) is 0 Å². The van der Waals surface area contributed by atoms with E-state index in [4.69, 9.17) is 0 Å². The van der Waals surface area contributed by atoms with Crippen LogP contribution in [0.3, 0.4) is 0 Å². The Morgan fingerprint density at radius 2 is 1.88 bits per heavy atom. The maximum absolute atomic E-state index is 4.00. The first-order valence-electron chi connectivity index (χ1n) is 6.76. The van der Waals surface area contributed by atoms with Crippen LogP contribution >= 0.6 is 0 Å². The quantitative estimate of drug-likeness (QED) is 0.561. The number of allylic oxidation sites excluding steroid dienone is 1. The molecule has 0 aliphatic carbocycles. The van der Waals surface area contributed by atoms with E-state index in [-0.39, 0.29) is 0 Å². The van der Waals surface area contributed by atoms with Gasteiger partial charge in [-0.1, -0.05) is 63.6 Å². The summed E-state index contributed by atoms with van der Waals surface area (Å²) in [6, 6.07) is 10.8. The highest BCUT2D eigenvalue weighted by atomic mass is 14.3. The second-order valence-electron chi connectivity index (χ2n) is 5.61. The van der Waals surface area contributed by atoms with Gasteiger partial charge >= 0.3 is 0 Å². The molecule has 0 nitrogen and oxygen atoms in total. The van der Waals surface area contributed by atoms with Gasteiger partial charge < -0.3 is 0 Å². The van der Waals surface area contributed by atoms with Crippen LogP contribution in [0.4, 0.5) is 0 Å². The van der Waals surface area contributed by atoms with Gasteiger partial charge in [-0.3, -0.25) is 0 Å². The second-order valence-corrected chi connectivity index (χ2v) is 5.61. The lowest BCUT2D eigenvalue weighted by atomic mass is 9.73. The molecule has 0 fully saturated rings. The van der Waals surface area contributed by atoms with Crippen LogP contribution in [-0.4, -0.2) is 0 Å². The van der Waals surface area contributed by atoms with E-state index in [0.717, 1.165) is 0 Å². The molecule has 0 aliphatic heterocycles. The Hall–Kier alpha value is -1.04. The first-order chi connectivity index (χ1) is 8.10. The van der Waals surface area contributed by atoms with Crippen molar-refractivity contribution in [1.29, 1.82) is 0 Å². The monoisotopic (exact) mass is 230 g/mol. The van der Waals surface area contributed by atoms with Crippen molar-refractivity contribution in [3.8, 4) is 0 Å². The Bertz CT molecular complexity index is 321. The van der Waals surface area contributed by atoms with E-state index in [1.54, 1.807) is 0 Å². The summed E-state index contributed by atoms with van der Waals surface area (Å²) in [5.41, 5.74) is 1.80. The third kappa shape index (κ3) is 4.38. The first kappa shape index (κ1) is 14.0. The lowest BCUT2D eigenvalue weighted by Gasteiger charge is -2.32. The highest BCUT2D eigenvalue weighted by Crippen LogP contribution is 2.35. The second kappa shape index (κ2) is 6.64. The van der Waals surface area contributed by atoms with E-state index in [1.165, 1.54) is 31.2 Å². The van der Waals surface area contributed by atoms with Crippen molar-refractivity contribution in [3.05, 3.63) is 48.6 Å². The Kier molecular flexibility index (Phi) is 5.47. The van der Waals surface area contributed by atoms with Gasteiger partial charge in [0.2, 0.25) is 0 Å². The molecule has 1 atom stereocenters. The van der Waals surface area contributed by atoms with Gasteiger partial charge in [0.25, 0.3) is 0 Å². The third-order valence-electron chi connectivity index (χ3n) is 3.79. The molecule has 0 heterocycles. The lowest BCUT2D eigenvalue weighted by Crippen LogP contribution is -2.23. The maximum atomic E-state index is 4.00. The van der Waals surface area contributed by atoms with Crippen molar-refractivity contribution in [3.63, 3.8) is 0 Å². The Balaban J connectivity index is 2.56. The van der Waals surface area contributed by atoms with Crippen molar-refractivity contribution >= 4 is 0 Å². The van der Waals surface area contributed by atoms with E-state index in [9.17, 15) is 0 Å². The van der Waals surface area contributed by atoms with Gasteiger partial charge in [-0.25, -0.2) is 0 Å². The predicted octanol–water partition coefficient (Wildman–Crippen LogP) is 5.25. The predicted molar refractivity (Wildman–Crippen MR) is 77.1 cm³/mol. The highest BCUT2D eigenvalue weighted by Gasteiger charge is 2.25. The number of hydrogen-bond acceptors (Lipinski definition) is 0. The summed E-state index contributed by atoms with van der Waals surface area (Å²) in [4.78, 5) is 0. The standard InChI is InChI=1S/C17H26/c1-5-10-16(6-2)17(3,4)14-13-15-11-8-7-9-12-15/h6-9,11-12,16H,2,5,10,13-14H2,1,3-4H3. The van der Waals surface area contributed by atoms with Crippen LogP contribution in [-0.2, 0) is 6.42 Å². The Labute approximate surface area is 107 Å². The normalized spacial score (nSPS) is 13.4. The summed E-state index contributed by atoms with van der Waals surface area (Å²) >= 11 is 0. The highest BCUT2D eigenvalue weighted by molar-refractivity contribution is 5.15. The molecule has 0 radical (unpaired) electrons. The fourth-order valence-corrected chi connectivity index (χ4v) is 2.44. The number of benzene rings is 1. The molecule has 0 aromatic heterocycles. The van der Waals surface area contributed by atoms with Crippen LogP contribution in [0.2, 0.25) is 0 Å². The van der Waals surface area contributed by atoms with E-state index in [0.29, 0.717) is 11.3 Å². The van der Waals surface area contributed by atoms with E-state index in [1.807, 2.05) is 0 Å². The smallest absolute Gasteiger partial charge is 0.0185 e. The summed E-state index contributed by atoms with van der Waals surface area (Å²) in [5.74, 6) is 0.635. The zero-order valence-corrected chi connectivity index (χ0v) is 11.6. The molecule has 94 valence electrons. The minimum absolute atomic E-state index is 0.355. The van der Waals surface area contributed by atoms with Gasteiger partial charge in [-0.05, 0) is 36.2 Å².